The van der Waals surface area contributed by atoms with Gasteiger partial charge in [0.1, 0.15) is 5.69 Å². The molecule has 0 fully saturated rings. The molecule has 1 amide bonds. The van der Waals surface area contributed by atoms with E-state index in [1.54, 1.807) is 5.38 Å². The second kappa shape index (κ2) is 7.41. The quantitative estimate of drug-likeness (QED) is 0.478. The van der Waals surface area contributed by atoms with Crippen molar-refractivity contribution in [2.45, 2.75) is 6.42 Å². The lowest BCUT2D eigenvalue weighted by Crippen LogP contribution is -2.25. The Labute approximate surface area is 155 Å². The van der Waals surface area contributed by atoms with Crippen LogP contribution in [0.2, 0.25) is 0 Å². The van der Waals surface area contributed by atoms with Crippen LogP contribution in [-0.4, -0.2) is 22.4 Å². The Morgan fingerprint density at radius 1 is 1.08 bits per heavy atom. The number of amides is 1. The van der Waals surface area contributed by atoms with Gasteiger partial charge >= 0.3 is 0 Å². The monoisotopic (exact) mass is 362 g/mol. The number of aromatic amines is 1. The first kappa shape index (κ1) is 16.4. The molecule has 4 rings (SSSR count). The molecule has 0 aliphatic rings. The molecular formula is C20H18N4OS. The van der Waals surface area contributed by atoms with Gasteiger partial charge in [-0.1, -0.05) is 36.4 Å². The van der Waals surface area contributed by atoms with Crippen molar-refractivity contribution < 1.29 is 4.79 Å². The first-order chi connectivity index (χ1) is 12.8. The van der Waals surface area contributed by atoms with E-state index in [2.05, 4.69) is 26.7 Å². The van der Waals surface area contributed by atoms with Crippen molar-refractivity contribution in [3.63, 3.8) is 0 Å². The van der Waals surface area contributed by atoms with Crippen LogP contribution in [0.3, 0.4) is 0 Å². The number of anilines is 2. The Morgan fingerprint density at radius 3 is 2.77 bits per heavy atom. The number of thiazole rings is 1. The van der Waals surface area contributed by atoms with E-state index in [9.17, 15) is 4.79 Å². The van der Waals surface area contributed by atoms with E-state index < -0.39 is 0 Å². The van der Waals surface area contributed by atoms with E-state index in [1.807, 2.05) is 54.7 Å². The molecule has 0 radical (unpaired) electrons. The summed E-state index contributed by atoms with van der Waals surface area (Å²) in [7, 11) is 0. The summed E-state index contributed by atoms with van der Waals surface area (Å²) in [6.07, 6.45) is 2.77. The summed E-state index contributed by atoms with van der Waals surface area (Å²) in [4.78, 5) is 19.9. The van der Waals surface area contributed by atoms with Crippen LogP contribution in [0.4, 0.5) is 10.8 Å². The van der Waals surface area contributed by atoms with Crippen LogP contribution in [0.1, 0.15) is 16.1 Å². The number of nitrogens with one attached hydrogen (secondary N) is 3. The van der Waals surface area contributed by atoms with Crippen LogP contribution in [0.5, 0.6) is 0 Å². The molecule has 0 atom stereocenters. The Hall–Kier alpha value is -3.12. The highest BCUT2D eigenvalue weighted by molar-refractivity contribution is 7.14. The van der Waals surface area contributed by atoms with Crippen molar-refractivity contribution in [1.82, 2.24) is 15.3 Å². The third-order valence-electron chi connectivity index (χ3n) is 4.12. The highest BCUT2D eigenvalue weighted by Crippen LogP contribution is 2.21. The second-order valence-electron chi connectivity index (χ2n) is 5.89. The van der Waals surface area contributed by atoms with E-state index in [0.29, 0.717) is 17.4 Å². The minimum atomic E-state index is -0.151. The number of fused-ring (bicyclic) bond motifs is 1. The SMILES string of the molecule is O=C(NCCc1c[nH]c2ccccc12)c1csc(Nc2ccccc2)n1. The Morgan fingerprint density at radius 2 is 1.88 bits per heavy atom. The van der Waals surface area contributed by atoms with Gasteiger partial charge in [-0.15, -0.1) is 11.3 Å². The second-order valence-corrected chi connectivity index (χ2v) is 6.75. The number of carbonyl (C=O) groups is 1. The van der Waals surface area contributed by atoms with Crippen molar-refractivity contribution in [1.29, 1.82) is 0 Å². The highest BCUT2D eigenvalue weighted by Gasteiger charge is 2.11. The molecule has 3 N–H and O–H groups in total. The van der Waals surface area contributed by atoms with Gasteiger partial charge in [0.25, 0.3) is 5.91 Å². The van der Waals surface area contributed by atoms with Gasteiger partial charge in [0.15, 0.2) is 5.13 Å². The Kier molecular flexibility index (Phi) is 4.66. The van der Waals surface area contributed by atoms with Crippen LogP contribution in [-0.2, 0) is 6.42 Å². The minimum absolute atomic E-state index is 0.151. The zero-order valence-corrected chi connectivity index (χ0v) is 14.8. The third kappa shape index (κ3) is 3.60. The average molecular weight is 362 g/mol. The largest absolute Gasteiger partial charge is 0.361 e. The molecule has 0 saturated heterocycles. The van der Waals surface area contributed by atoms with Crippen molar-refractivity contribution in [3.05, 3.63) is 77.4 Å². The number of hydrogen-bond acceptors (Lipinski definition) is 4. The van der Waals surface area contributed by atoms with Crippen LogP contribution in [0.15, 0.2) is 66.2 Å². The molecule has 26 heavy (non-hydrogen) atoms. The molecule has 130 valence electrons. The summed E-state index contributed by atoms with van der Waals surface area (Å²) < 4.78 is 0. The van der Waals surface area contributed by atoms with Crippen molar-refractivity contribution in [3.8, 4) is 0 Å². The van der Waals surface area contributed by atoms with E-state index >= 15 is 0 Å². The van der Waals surface area contributed by atoms with Gasteiger partial charge in [0.2, 0.25) is 0 Å². The van der Waals surface area contributed by atoms with E-state index in [0.717, 1.165) is 17.6 Å². The predicted octanol–water partition coefficient (Wildman–Crippen LogP) is 4.34. The zero-order valence-electron chi connectivity index (χ0n) is 14.0. The summed E-state index contributed by atoms with van der Waals surface area (Å²) in [5.74, 6) is -0.151. The molecule has 0 aliphatic carbocycles. The van der Waals surface area contributed by atoms with E-state index in [4.69, 9.17) is 0 Å². The lowest BCUT2D eigenvalue weighted by atomic mass is 10.1. The molecule has 5 nitrogen and oxygen atoms in total. The smallest absolute Gasteiger partial charge is 0.270 e. The average Bonchev–Trinajstić information content (AvgIpc) is 3.30. The number of hydrogen-bond donors (Lipinski definition) is 3. The fourth-order valence-electron chi connectivity index (χ4n) is 2.82. The summed E-state index contributed by atoms with van der Waals surface area (Å²) in [5.41, 5.74) is 3.70. The van der Waals surface area contributed by atoms with Gasteiger partial charge in [-0.2, -0.15) is 0 Å². The maximum Gasteiger partial charge on any atom is 0.270 e. The topological polar surface area (TPSA) is 69.8 Å². The van der Waals surface area contributed by atoms with Gasteiger partial charge in [-0.3, -0.25) is 4.79 Å². The molecule has 2 aromatic heterocycles. The standard InChI is InChI=1S/C20H18N4OS/c25-19(18-13-26-20(24-18)23-15-6-2-1-3-7-15)21-11-10-14-12-22-17-9-5-4-8-16(14)17/h1-9,12-13,22H,10-11H2,(H,21,25)(H,23,24). The number of H-pyrrole nitrogens is 1. The maximum atomic E-state index is 12.3. The molecule has 0 bridgehead atoms. The van der Waals surface area contributed by atoms with Gasteiger partial charge < -0.3 is 15.6 Å². The van der Waals surface area contributed by atoms with Gasteiger partial charge in [0, 0.05) is 34.7 Å². The molecule has 2 heterocycles. The molecule has 0 spiro atoms. The molecular weight excluding hydrogens is 344 g/mol. The summed E-state index contributed by atoms with van der Waals surface area (Å²) in [6, 6.07) is 18.0. The van der Waals surface area contributed by atoms with Gasteiger partial charge in [-0.05, 0) is 30.2 Å². The normalized spacial score (nSPS) is 10.8. The number of benzene rings is 2. The number of aromatic nitrogens is 2. The number of para-hydroxylation sites is 2. The fourth-order valence-corrected chi connectivity index (χ4v) is 3.53. The lowest BCUT2D eigenvalue weighted by Gasteiger charge is -2.03. The number of rotatable bonds is 6. The van der Waals surface area contributed by atoms with Crippen molar-refractivity contribution in [2.75, 3.05) is 11.9 Å². The summed E-state index contributed by atoms with van der Waals surface area (Å²) >= 11 is 1.42. The molecule has 0 unspecified atom stereocenters. The van der Waals surface area contributed by atoms with Crippen molar-refractivity contribution in [2.24, 2.45) is 0 Å². The molecule has 0 aliphatic heterocycles. The molecule has 6 heteroatoms. The number of carbonyl (C=O) groups excluding carboxylic acids is 1. The van der Waals surface area contributed by atoms with Crippen LogP contribution in [0, 0.1) is 0 Å². The predicted molar refractivity (Wildman–Crippen MR) is 106 cm³/mol. The summed E-state index contributed by atoms with van der Waals surface area (Å²) in [6.45, 7) is 0.569. The van der Waals surface area contributed by atoms with E-state index in [-0.39, 0.29) is 5.91 Å². The van der Waals surface area contributed by atoms with Crippen molar-refractivity contribution >= 4 is 39.0 Å². The Bertz CT molecular complexity index is 1020. The summed E-state index contributed by atoms with van der Waals surface area (Å²) in [5, 5.41) is 9.82. The van der Waals surface area contributed by atoms with Gasteiger partial charge in [-0.25, -0.2) is 4.98 Å². The van der Waals surface area contributed by atoms with E-state index in [1.165, 1.54) is 22.3 Å². The third-order valence-corrected chi connectivity index (χ3v) is 4.87. The van der Waals surface area contributed by atoms with Gasteiger partial charge in [0.05, 0.1) is 0 Å². The molecule has 0 saturated carbocycles. The first-order valence-corrected chi connectivity index (χ1v) is 9.28. The van der Waals surface area contributed by atoms with Crippen LogP contribution in [0.25, 0.3) is 10.9 Å². The molecule has 4 aromatic rings. The first-order valence-electron chi connectivity index (χ1n) is 8.40. The van der Waals surface area contributed by atoms with Crippen LogP contribution < -0.4 is 10.6 Å². The fraction of sp³-hybridized carbons (Fsp3) is 0.100. The zero-order chi connectivity index (χ0) is 17.8. The minimum Gasteiger partial charge on any atom is -0.361 e. The Balaban J connectivity index is 1.34. The maximum absolute atomic E-state index is 12.3. The lowest BCUT2D eigenvalue weighted by molar-refractivity contribution is 0.0950. The highest BCUT2D eigenvalue weighted by atomic mass is 32.1. The van der Waals surface area contributed by atoms with Crippen LogP contribution >= 0.6 is 11.3 Å². The number of nitrogens with zero attached hydrogens (tertiary/aromatic N) is 1. The molecule has 2 aromatic carbocycles.